The van der Waals surface area contributed by atoms with Crippen LogP contribution in [0.4, 0.5) is 5.95 Å². The lowest BCUT2D eigenvalue weighted by Gasteiger charge is -2.08. The lowest BCUT2D eigenvalue weighted by Crippen LogP contribution is -2.09. The molecule has 3 rings (SSSR count). The highest BCUT2D eigenvalue weighted by molar-refractivity contribution is 7.14. The highest BCUT2D eigenvalue weighted by Crippen LogP contribution is 2.31. The van der Waals surface area contributed by atoms with Gasteiger partial charge in [-0.3, -0.25) is 4.57 Å². The Balaban J connectivity index is 2.07. The van der Waals surface area contributed by atoms with Crippen LogP contribution >= 0.6 is 22.9 Å². The molecule has 3 aromatic rings. The van der Waals surface area contributed by atoms with Gasteiger partial charge in [-0.1, -0.05) is 18.5 Å². The van der Waals surface area contributed by atoms with Gasteiger partial charge in [0.15, 0.2) is 5.82 Å². The summed E-state index contributed by atoms with van der Waals surface area (Å²) < 4.78 is 1.74. The van der Waals surface area contributed by atoms with Gasteiger partial charge >= 0.3 is 0 Å². The minimum Gasteiger partial charge on any atom is -0.354 e. The van der Waals surface area contributed by atoms with E-state index in [9.17, 15) is 0 Å². The van der Waals surface area contributed by atoms with Crippen LogP contribution in [0.15, 0.2) is 30.2 Å². The van der Waals surface area contributed by atoms with Crippen molar-refractivity contribution < 1.29 is 0 Å². The van der Waals surface area contributed by atoms with Gasteiger partial charge in [0.1, 0.15) is 6.33 Å². The van der Waals surface area contributed by atoms with Crippen LogP contribution in [0.5, 0.6) is 0 Å². The van der Waals surface area contributed by atoms with Crippen molar-refractivity contribution in [3.8, 4) is 16.6 Å². The van der Waals surface area contributed by atoms with Crippen LogP contribution in [0.3, 0.4) is 0 Å². The lowest BCUT2D eigenvalue weighted by atomic mass is 10.4. The van der Waals surface area contributed by atoms with Crippen LogP contribution in [0, 0.1) is 0 Å². The smallest absolute Gasteiger partial charge is 0.240 e. The van der Waals surface area contributed by atoms with E-state index in [2.05, 4.69) is 32.2 Å². The van der Waals surface area contributed by atoms with E-state index >= 15 is 0 Å². The van der Waals surface area contributed by atoms with E-state index in [0.717, 1.165) is 17.8 Å². The minimum atomic E-state index is 0.514. The van der Waals surface area contributed by atoms with Crippen molar-refractivity contribution in [1.82, 2.24) is 24.5 Å². The molecule has 0 aromatic carbocycles. The van der Waals surface area contributed by atoms with Crippen LogP contribution in [0.2, 0.25) is 5.02 Å². The summed E-state index contributed by atoms with van der Waals surface area (Å²) in [5, 5.41) is 5.74. The molecular formula is C13H13ClN6S. The predicted molar refractivity (Wildman–Crippen MR) is 84.1 cm³/mol. The molecule has 0 saturated carbocycles. The largest absolute Gasteiger partial charge is 0.354 e. The van der Waals surface area contributed by atoms with Crippen molar-refractivity contribution in [3.63, 3.8) is 0 Å². The Bertz CT molecular complexity index is 724. The number of anilines is 1. The maximum absolute atomic E-state index is 6.18. The number of thiophene rings is 1. The van der Waals surface area contributed by atoms with Crippen molar-refractivity contribution in [2.75, 3.05) is 11.9 Å². The number of hydrogen-bond donors (Lipinski definition) is 1. The minimum absolute atomic E-state index is 0.514. The Morgan fingerprint density at radius 1 is 1.33 bits per heavy atom. The first-order valence-corrected chi connectivity index (χ1v) is 7.75. The molecule has 6 nitrogen and oxygen atoms in total. The molecule has 3 aromatic heterocycles. The fraction of sp³-hybridized carbons (Fsp3) is 0.231. The summed E-state index contributed by atoms with van der Waals surface area (Å²) in [4.78, 5) is 18.2. The molecule has 21 heavy (non-hydrogen) atoms. The molecule has 0 saturated heterocycles. The second-order valence-electron chi connectivity index (χ2n) is 4.28. The summed E-state index contributed by atoms with van der Waals surface area (Å²) in [6, 6.07) is 1.83. The van der Waals surface area contributed by atoms with Gasteiger partial charge in [-0.05, 0) is 17.9 Å². The standard InChI is InChI=1S/C13H13ClN6S/c1-2-4-16-12-17-11(10-9(14)3-7-21-10)18-13(19-12)20-6-5-15-8-20/h3,5-8H,2,4H2,1H3,(H,16,17,18,19). The average molecular weight is 321 g/mol. The fourth-order valence-electron chi connectivity index (χ4n) is 1.73. The van der Waals surface area contributed by atoms with Gasteiger partial charge < -0.3 is 5.32 Å². The van der Waals surface area contributed by atoms with Gasteiger partial charge in [0.25, 0.3) is 0 Å². The van der Waals surface area contributed by atoms with E-state index in [1.165, 1.54) is 11.3 Å². The van der Waals surface area contributed by atoms with Crippen LogP contribution in [0.25, 0.3) is 16.6 Å². The zero-order chi connectivity index (χ0) is 14.7. The molecule has 0 amide bonds. The SMILES string of the molecule is CCCNc1nc(-c2sccc2Cl)nc(-n2ccnc2)n1. The normalized spacial score (nSPS) is 10.8. The van der Waals surface area contributed by atoms with Crippen molar-refractivity contribution in [2.45, 2.75) is 13.3 Å². The number of rotatable bonds is 5. The maximum atomic E-state index is 6.18. The van der Waals surface area contributed by atoms with Crippen LogP contribution < -0.4 is 5.32 Å². The number of nitrogens with zero attached hydrogens (tertiary/aromatic N) is 5. The van der Waals surface area contributed by atoms with Gasteiger partial charge in [0.05, 0.1) is 9.90 Å². The Labute approximate surface area is 130 Å². The van der Waals surface area contributed by atoms with Crippen LogP contribution in [0.1, 0.15) is 13.3 Å². The summed E-state index contributed by atoms with van der Waals surface area (Å²) in [6.07, 6.45) is 6.11. The van der Waals surface area contributed by atoms with Crippen molar-refractivity contribution in [1.29, 1.82) is 0 Å². The molecule has 108 valence electrons. The molecular weight excluding hydrogens is 308 g/mol. The molecule has 0 unspecified atom stereocenters. The fourth-order valence-corrected chi connectivity index (χ4v) is 2.80. The maximum Gasteiger partial charge on any atom is 0.240 e. The zero-order valence-electron chi connectivity index (χ0n) is 11.3. The third-order valence-electron chi connectivity index (χ3n) is 2.71. The first-order chi connectivity index (χ1) is 10.3. The summed E-state index contributed by atoms with van der Waals surface area (Å²) in [6.45, 7) is 2.88. The number of imidazole rings is 1. The van der Waals surface area contributed by atoms with E-state index in [-0.39, 0.29) is 0 Å². The monoisotopic (exact) mass is 320 g/mol. The molecule has 0 fully saturated rings. The highest BCUT2D eigenvalue weighted by Gasteiger charge is 2.13. The molecule has 3 heterocycles. The van der Waals surface area contributed by atoms with E-state index in [0.29, 0.717) is 22.7 Å². The van der Waals surface area contributed by atoms with Gasteiger partial charge in [0, 0.05) is 18.9 Å². The molecule has 8 heteroatoms. The number of aromatic nitrogens is 5. The second-order valence-corrected chi connectivity index (χ2v) is 5.60. The van der Waals surface area contributed by atoms with E-state index in [1.807, 2.05) is 11.4 Å². The van der Waals surface area contributed by atoms with Gasteiger partial charge in [0.2, 0.25) is 11.9 Å². The topological polar surface area (TPSA) is 68.5 Å². The summed E-state index contributed by atoms with van der Waals surface area (Å²) >= 11 is 7.68. The van der Waals surface area contributed by atoms with Gasteiger partial charge in [-0.15, -0.1) is 11.3 Å². The summed E-state index contributed by atoms with van der Waals surface area (Å²) in [5.74, 6) is 1.61. The van der Waals surface area contributed by atoms with Gasteiger partial charge in [-0.25, -0.2) is 4.98 Å². The van der Waals surface area contributed by atoms with Crippen LogP contribution in [-0.4, -0.2) is 31.0 Å². The number of hydrogen-bond acceptors (Lipinski definition) is 6. The Kier molecular flexibility index (Phi) is 4.12. The van der Waals surface area contributed by atoms with E-state index < -0.39 is 0 Å². The third-order valence-corrected chi connectivity index (χ3v) is 4.05. The first-order valence-electron chi connectivity index (χ1n) is 6.49. The summed E-state index contributed by atoms with van der Waals surface area (Å²) in [5.41, 5.74) is 0. The van der Waals surface area contributed by atoms with Crippen LogP contribution in [-0.2, 0) is 0 Å². The average Bonchev–Trinajstić information content (AvgIpc) is 3.16. The molecule has 0 bridgehead atoms. The van der Waals surface area contributed by atoms with Crippen molar-refractivity contribution in [2.24, 2.45) is 0 Å². The Hall–Kier alpha value is -1.99. The number of halogens is 1. The molecule has 1 N–H and O–H groups in total. The second kappa shape index (κ2) is 6.19. The van der Waals surface area contributed by atoms with Gasteiger partial charge in [-0.2, -0.15) is 15.0 Å². The molecule has 0 aliphatic carbocycles. The van der Waals surface area contributed by atoms with E-state index in [4.69, 9.17) is 11.6 Å². The molecule has 0 aliphatic rings. The highest BCUT2D eigenvalue weighted by atomic mass is 35.5. The quantitative estimate of drug-likeness (QED) is 0.781. The molecule has 0 spiro atoms. The molecule has 0 atom stereocenters. The summed E-state index contributed by atoms with van der Waals surface area (Å²) in [7, 11) is 0. The van der Waals surface area contributed by atoms with Crippen molar-refractivity contribution in [3.05, 3.63) is 35.2 Å². The first kappa shape index (κ1) is 14.0. The van der Waals surface area contributed by atoms with E-state index in [1.54, 1.807) is 23.3 Å². The molecule has 0 aliphatic heterocycles. The third kappa shape index (κ3) is 3.03. The van der Waals surface area contributed by atoms with Crippen molar-refractivity contribution >= 4 is 28.9 Å². The Morgan fingerprint density at radius 3 is 2.90 bits per heavy atom. The number of nitrogens with one attached hydrogen (secondary N) is 1. The zero-order valence-corrected chi connectivity index (χ0v) is 12.9. The Morgan fingerprint density at radius 2 is 2.24 bits per heavy atom. The predicted octanol–water partition coefficient (Wildman–Crippen LogP) is 3.26. The lowest BCUT2D eigenvalue weighted by molar-refractivity contribution is 0.884. The molecule has 0 radical (unpaired) electrons.